The van der Waals surface area contributed by atoms with Crippen LogP contribution in [-0.4, -0.2) is 84.4 Å². The number of nitrogens with two attached hydrogens (primary N) is 1. The second-order valence-electron chi connectivity index (χ2n) is 8.55. The van der Waals surface area contributed by atoms with Crippen molar-refractivity contribution in [2.75, 3.05) is 23.9 Å². The second-order valence-corrected chi connectivity index (χ2v) is 9.56. The van der Waals surface area contributed by atoms with Crippen LogP contribution < -0.4 is 16.0 Å². The van der Waals surface area contributed by atoms with Gasteiger partial charge in [-0.2, -0.15) is 0 Å². The van der Waals surface area contributed by atoms with Gasteiger partial charge in [-0.1, -0.05) is 24.3 Å². The van der Waals surface area contributed by atoms with Crippen molar-refractivity contribution in [2.24, 2.45) is 5.73 Å². The lowest BCUT2D eigenvalue weighted by Gasteiger charge is -2.50. The molecule has 188 valence electrons. The average Bonchev–Trinajstić information content (AvgIpc) is 2.83. The molecular weight excluding hydrogens is 511 g/mol. The number of amides is 1. The Morgan fingerprint density at radius 3 is 2.11 bits per heavy atom. The van der Waals surface area contributed by atoms with E-state index in [9.17, 15) is 14.0 Å². The molecule has 2 rings (SSSR count). The number of halogens is 3. The van der Waals surface area contributed by atoms with Crippen molar-refractivity contribution < 1.29 is 18.7 Å². The molecule has 2 aromatic carbocycles. The third-order valence-corrected chi connectivity index (χ3v) is 6.12. The van der Waals surface area contributed by atoms with Crippen LogP contribution in [0.1, 0.15) is 18.1 Å². The number of hydrogen-bond acceptors (Lipinski definition) is 5. The first-order valence-electron chi connectivity index (χ1n) is 11.5. The highest BCUT2D eigenvalue weighted by Gasteiger charge is 2.38. The maximum atomic E-state index is 13.2. The Balaban J connectivity index is 2.11. The summed E-state index contributed by atoms with van der Waals surface area (Å²) in [6.45, 7) is 2.01. The highest BCUT2D eigenvalue weighted by molar-refractivity contribution is 6.70. The van der Waals surface area contributed by atoms with Gasteiger partial charge in [0.05, 0.1) is 44.0 Å². The number of rotatable bonds is 13. The SMILES string of the molecule is [B]C([B])(Cl)C([B])([B])N(CCCl)c1ccc(CC(N)C(=O)NC(Cc2ccc(F)cc2)C(=O)OCC)cc1. The van der Waals surface area contributed by atoms with Gasteiger partial charge in [-0.05, 0) is 58.7 Å². The molecule has 37 heavy (non-hydrogen) atoms. The average molecular weight is 538 g/mol. The summed E-state index contributed by atoms with van der Waals surface area (Å²) in [7, 11) is 23.7. The Morgan fingerprint density at radius 1 is 1.05 bits per heavy atom. The molecule has 3 N–H and O–H groups in total. The fourth-order valence-corrected chi connectivity index (χ4v) is 3.82. The van der Waals surface area contributed by atoms with Gasteiger partial charge in [-0.25, -0.2) is 9.18 Å². The molecule has 0 saturated carbocycles. The van der Waals surface area contributed by atoms with E-state index in [4.69, 9.17) is 65.1 Å². The van der Waals surface area contributed by atoms with Crippen molar-refractivity contribution >= 4 is 72.2 Å². The van der Waals surface area contributed by atoms with Crippen molar-refractivity contribution in [1.29, 1.82) is 0 Å². The van der Waals surface area contributed by atoms with E-state index in [1.54, 1.807) is 31.2 Å². The highest BCUT2D eigenvalue weighted by atomic mass is 35.5. The normalized spacial score (nSPS) is 13.4. The van der Waals surface area contributed by atoms with Gasteiger partial charge in [0, 0.05) is 24.5 Å². The number of benzene rings is 2. The van der Waals surface area contributed by atoms with Gasteiger partial charge >= 0.3 is 5.97 Å². The van der Waals surface area contributed by atoms with E-state index >= 15 is 0 Å². The fraction of sp³-hybridized carbons (Fsp3) is 0.417. The molecule has 0 saturated heterocycles. The summed E-state index contributed by atoms with van der Waals surface area (Å²) in [4.78, 5) is 26.7. The molecule has 0 aromatic heterocycles. The van der Waals surface area contributed by atoms with Gasteiger partial charge in [0.2, 0.25) is 5.91 Å². The van der Waals surface area contributed by atoms with Crippen molar-refractivity contribution in [3.63, 3.8) is 0 Å². The number of nitrogens with zero attached hydrogens (tertiary/aromatic N) is 1. The van der Waals surface area contributed by atoms with E-state index in [1.165, 1.54) is 29.2 Å². The number of carbonyl (C=O) groups excluding carboxylic acids is 2. The van der Waals surface area contributed by atoms with Crippen molar-refractivity contribution in [3.05, 3.63) is 65.5 Å². The minimum atomic E-state index is -1.96. The lowest BCUT2D eigenvalue weighted by molar-refractivity contribution is -0.147. The first kappa shape index (κ1) is 31.1. The summed E-state index contributed by atoms with van der Waals surface area (Å²) in [5.74, 6) is -1.39. The monoisotopic (exact) mass is 537 g/mol. The molecule has 0 heterocycles. The van der Waals surface area contributed by atoms with Gasteiger partial charge in [-0.15, -0.1) is 23.2 Å². The maximum Gasteiger partial charge on any atom is 0.328 e. The van der Waals surface area contributed by atoms with Crippen molar-refractivity contribution in [2.45, 2.75) is 41.9 Å². The molecule has 0 aliphatic carbocycles. The Labute approximate surface area is 232 Å². The topological polar surface area (TPSA) is 84.7 Å². The summed E-state index contributed by atoms with van der Waals surface area (Å²) >= 11 is 11.9. The molecule has 2 atom stereocenters. The van der Waals surface area contributed by atoms with Crippen LogP contribution in [0, 0.1) is 5.82 Å². The van der Waals surface area contributed by atoms with Crippen LogP contribution in [0.3, 0.4) is 0 Å². The Morgan fingerprint density at radius 2 is 1.59 bits per heavy atom. The predicted molar refractivity (Wildman–Crippen MR) is 149 cm³/mol. The molecule has 0 fully saturated rings. The molecule has 13 heteroatoms. The summed E-state index contributed by atoms with van der Waals surface area (Å²) < 4.78 is 16.3. The van der Waals surface area contributed by atoms with Gasteiger partial charge in [0.1, 0.15) is 11.9 Å². The highest BCUT2D eigenvalue weighted by Crippen LogP contribution is 2.29. The number of esters is 1. The number of carbonyl (C=O) groups is 2. The smallest absolute Gasteiger partial charge is 0.328 e. The molecule has 2 unspecified atom stereocenters. The molecule has 6 nitrogen and oxygen atoms in total. The van der Waals surface area contributed by atoms with Crippen LogP contribution in [0.25, 0.3) is 0 Å². The standard InChI is InChI=1S/C24H26B4Cl2FN3O3/c1-2-37-22(36)20(14-16-3-7-17(31)8-4-16)33-21(35)19(32)13-15-5-9-18(10-6-15)34(12-11-29)24(27,28)23(25,26)30/h3-10,19-20H,2,11-14,32H2,1H3,(H,33,35). The fourth-order valence-electron chi connectivity index (χ4n) is 3.55. The Hall–Kier alpha value is -2.09. The second kappa shape index (κ2) is 13.6. The van der Waals surface area contributed by atoms with Crippen LogP contribution in [0.5, 0.6) is 0 Å². The molecule has 0 spiro atoms. The minimum Gasteiger partial charge on any atom is -0.464 e. The predicted octanol–water partition coefficient (Wildman–Crippen LogP) is 1.25. The summed E-state index contributed by atoms with van der Waals surface area (Å²) in [6.07, 6.45) is 0.282. The first-order valence-corrected chi connectivity index (χ1v) is 12.4. The van der Waals surface area contributed by atoms with Crippen molar-refractivity contribution in [1.82, 2.24) is 5.32 Å². The molecule has 8 radical (unpaired) electrons. The zero-order valence-corrected chi connectivity index (χ0v) is 22.0. The van der Waals surface area contributed by atoms with Crippen LogP contribution in [0.4, 0.5) is 10.1 Å². The van der Waals surface area contributed by atoms with E-state index in [0.29, 0.717) is 11.3 Å². The number of ether oxygens (including phenoxy) is 1. The zero-order chi connectivity index (χ0) is 27.8. The van der Waals surface area contributed by atoms with Crippen molar-refractivity contribution in [3.8, 4) is 0 Å². The van der Waals surface area contributed by atoms with E-state index in [2.05, 4.69) is 5.32 Å². The molecule has 0 bridgehead atoms. The summed E-state index contributed by atoms with van der Waals surface area (Å²) in [5, 5.41) is 0.811. The number of alkyl halides is 2. The van der Waals surface area contributed by atoms with Gasteiger partial charge < -0.3 is 20.7 Å². The Kier molecular flexibility index (Phi) is 11.5. The summed E-state index contributed by atoms with van der Waals surface area (Å²) in [5.41, 5.74) is 8.05. The van der Waals surface area contributed by atoms with E-state index < -0.39 is 39.8 Å². The molecule has 0 aliphatic rings. The van der Waals surface area contributed by atoms with Crippen LogP contribution >= 0.6 is 23.2 Å². The third kappa shape index (κ3) is 8.72. The van der Waals surface area contributed by atoms with Crippen LogP contribution in [0.15, 0.2) is 48.5 Å². The first-order chi connectivity index (χ1) is 17.3. The molecule has 1 amide bonds. The lowest BCUT2D eigenvalue weighted by atomic mass is 9.42. The van der Waals surface area contributed by atoms with Gasteiger partial charge in [0.15, 0.2) is 0 Å². The Bertz CT molecular complexity index is 1040. The maximum absolute atomic E-state index is 13.2. The van der Waals surface area contributed by atoms with Crippen LogP contribution in [-0.2, 0) is 27.2 Å². The molecule has 0 aliphatic heterocycles. The van der Waals surface area contributed by atoms with E-state index in [1.807, 2.05) is 0 Å². The summed E-state index contributed by atoms with van der Waals surface area (Å²) in [6, 6.07) is 10.5. The van der Waals surface area contributed by atoms with Gasteiger partial charge in [0.25, 0.3) is 0 Å². The zero-order valence-electron chi connectivity index (χ0n) is 20.5. The number of nitrogens with one attached hydrogen (secondary N) is 1. The lowest BCUT2D eigenvalue weighted by Crippen LogP contribution is -2.65. The van der Waals surface area contributed by atoms with E-state index in [-0.39, 0.29) is 31.9 Å². The van der Waals surface area contributed by atoms with Gasteiger partial charge in [-0.3, -0.25) is 4.79 Å². The largest absolute Gasteiger partial charge is 0.464 e. The minimum absolute atomic E-state index is 0.118. The third-order valence-electron chi connectivity index (χ3n) is 5.65. The number of hydrogen-bond donors (Lipinski definition) is 2. The van der Waals surface area contributed by atoms with E-state index in [0.717, 1.165) is 5.56 Å². The number of anilines is 1. The van der Waals surface area contributed by atoms with Crippen LogP contribution in [0.2, 0.25) is 0 Å². The quantitative estimate of drug-likeness (QED) is 0.228. The molecule has 2 aromatic rings. The molecular formula is C24H26B4Cl2FN3O3.